The maximum atomic E-state index is 12.5. The van der Waals surface area contributed by atoms with Crippen LogP contribution in [0.4, 0.5) is 10.6 Å². The van der Waals surface area contributed by atoms with Gasteiger partial charge in [0, 0.05) is 11.1 Å². The summed E-state index contributed by atoms with van der Waals surface area (Å²) >= 11 is 0. The fourth-order valence-corrected chi connectivity index (χ4v) is 4.48. The number of pyridine rings is 1. The predicted octanol–water partition coefficient (Wildman–Crippen LogP) is 5.55. The Labute approximate surface area is 210 Å². The second-order valence-electron chi connectivity index (χ2n) is 10.1. The van der Waals surface area contributed by atoms with Gasteiger partial charge >= 0.3 is 6.09 Å². The number of rotatable bonds is 5. The number of hydrogen-bond donors (Lipinski definition) is 3. The number of hydrogen-bond acceptors (Lipinski definition) is 7. The number of aromatic nitrogens is 3. The lowest BCUT2D eigenvalue weighted by molar-refractivity contribution is 0.0377. The second-order valence-corrected chi connectivity index (χ2v) is 10.1. The van der Waals surface area contributed by atoms with Crippen molar-refractivity contribution < 1.29 is 9.53 Å². The molecule has 2 aromatic heterocycles. The Morgan fingerprint density at radius 1 is 0.889 bits per heavy atom. The molecule has 36 heavy (non-hydrogen) atoms. The van der Waals surface area contributed by atoms with Gasteiger partial charge in [0.15, 0.2) is 5.65 Å². The van der Waals surface area contributed by atoms with Crippen LogP contribution in [0.1, 0.15) is 45.6 Å². The Morgan fingerprint density at radius 3 is 2.17 bits per heavy atom. The molecule has 0 spiro atoms. The number of hydrazine groups is 1. The number of amides is 1. The van der Waals surface area contributed by atoms with Gasteiger partial charge in [-0.05, 0) is 57.7 Å². The second kappa shape index (κ2) is 9.20. The molecule has 184 valence electrons. The first-order valence-corrected chi connectivity index (χ1v) is 12.1. The van der Waals surface area contributed by atoms with Crippen LogP contribution in [-0.4, -0.2) is 26.6 Å². The van der Waals surface area contributed by atoms with Gasteiger partial charge in [0.2, 0.25) is 0 Å². The van der Waals surface area contributed by atoms with Crippen molar-refractivity contribution in [1.82, 2.24) is 20.3 Å². The molecule has 4 aromatic rings. The molecule has 4 N–H and O–H groups in total. The molecule has 0 radical (unpaired) electrons. The number of nitrogens with two attached hydrogens (primary N) is 1. The topological polar surface area (TPSA) is 115 Å². The summed E-state index contributed by atoms with van der Waals surface area (Å²) < 4.78 is 5.52. The van der Waals surface area contributed by atoms with Crippen molar-refractivity contribution in [3.8, 4) is 22.5 Å². The third-order valence-electron chi connectivity index (χ3n) is 6.38. The van der Waals surface area contributed by atoms with E-state index >= 15 is 0 Å². The summed E-state index contributed by atoms with van der Waals surface area (Å²) in [5.41, 5.74) is 7.22. The average molecular weight is 483 g/mol. The minimum atomic E-state index is -0.547. The van der Waals surface area contributed by atoms with E-state index in [9.17, 15) is 4.79 Å². The number of carbonyl (C=O) groups is 1. The Bertz CT molecular complexity index is 1390. The molecule has 2 aromatic carbocycles. The summed E-state index contributed by atoms with van der Waals surface area (Å²) in [6.07, 6.45) is 2.40. The maximum absolute atomic E-state index is 12.5. The molecule has 1 aliphatic rings. The van der Waals surface area contributed by atoms with Crippen LogP contribution in [-0.2, 0) is 10.3 Å². The SMILES string of the molecule is CC(C)(C)OC(=O)NC1(c2ccc(-c3nc4nc(NN)ccc4nc3-c3ccccc3)cc2)CCC1. The van der Waals surface area contributed by atoms with Crippen molar-refractivity contribution in [1.29, 1.82) is 0 Å². The number of carbonyl (C=O) groups excluding carboxylic acids is 1. The maximum Gasteiger partial charge on any atom is 0.408 e. The monoisotopic (exact) mass is 482 g/mol. The highest BCUT2D eigenvalue weighted by atomic mass is 16.6. The summed E-state index contributed by atoms with van der Waals surface area (Å²) in [6.45, 7) is 5.60. The highest BCUT2D eigenvalue weighted by Gasteiger charge is 2.41. The number of anilines is 1. The zero-order valence-electron chi connectivity index (χ0n) is 20.7. The average Bonchev–Trinajstić information content (AvgIpc) is 2.84. The van der Waals surface area contributed by atoms with Crippen molar-refractivity contribution in [2.24, 2.45) is 5.84 Å². The van der Waals surface area contributed by atoms with Crippen LogP contribution in [0.3, 0.4) is 0 Å². The third kappa shape index (κ3) is 4.72. The highest BCUT2D eigenvalue weighted by Crippen LogP contribution is 2.42. The van der Waals surface area contributed by atoms with Gasteiger partial charge in [-0.3, -0.25) is 0 Å². The number of ether oxygens (including phenoxy) is 1. The molecule has 1 saturated carbocycles. The number of fused-ring (bicyclic) bond motifs is 1. The molecule has 0 unspecified atom stereocenters. The van der Waals surface area contributed by atoms with Crippen molar-refractivity contribution in [3.63, 3.8) is 0 Å². The fourth-order valence-electron chi connectivity index (χ4n) is 4.48. The van der Waals surface area contributed by atoms with Gasteiger partial charge in [-0.1, -0.05) is 54.6 Å². The number of alkyl carbamates (subject to hydrolysis) is 1. The Balaban J connectivity index is 1.53. The van der Waals surface area contributed by atoms with Crippen molar-refractivity contribution in [2.75, 3.05) is 5.43 Å². The van der Waals surface area contributed by atoms with Crippen LogP contribution in [0, 0.1) is 0 Å². The molecule has 1 fully saturated rings. The number of nitrogens with one attached hydrogen (secondary N) is 2. The zero-order valence-corrected chi connectivity index (χ0v) is 20.7. The third-order valence-corrected chi connectivity index (χ3v) is 6.38. The van der Waals surface area contributed by atoms with Crippen molar-refractivity contribution in [3.05, 3.63) is 72.3 Å². The Kier molecular flexibility index (Phi) is 6.05. The van der Waals surface area contributed by atoms with E-state index in [0.29, 0.717) is 17.0 Å². The molecule has 1 amide bonds. The van der Waals surface area contributed by atoms with Crippen molar-refractivity contribution in [2.45, 2.75) is 51.2 Å². The molecular weight excluding hydrogens is 452 g/mol. The first-order chi connectivity index (χ1) is 17.3. The van der Waals surface area contributed by atoms with E-state index in [4.69, 9.17) is 20.5 Å². The van der Waals surface area contributed by atoms with Gasteiger partial charge in [0.05, 0.1) is 16.9 Å². The van der Waals surface area contributed by atoms with Gasteiger partial charge in [-0.15, -0.1) is 0 Å². The lowest BCUT2D eigenvalue weighted by Crippen LogP contribution is -2.52. The quantitative estimate of drug-likeness (QED) is 0.252. The first-order valence-electron chi connectivity index (χ1n) is 12.1. The Morgan fingerprint density at radius 2 is 1.56 bits per heavy atom. The first kappa shape index (κ1) is 23.7. The minimum Gasteiger partial charge on any atom is -0.444 e. The van der Waals surface area contributed by atoms with Gasteiger partial charge < -0.3 is 15.5 Å². The smallest absolute Gasteiger partial charge is 0.408 e. The van der Waals surface area contributed by atoms with Gasteiger partial charge in [-0.25, -0.2) is 25.6 Å². The molecule has 0 aliphatic heterocycles. The van der Waals surface area contributed by atoms with Crippen LogP contribution < -0.4 is 16.6 Å². The summed E-state index contributed by atoms with van der Waals surface area (Å²) in [6, 6.07) is 21.8. The molecule has 0 atom stereocenters. The largest absolute Gasteiger partial charge is 0.444 e. The standard InChI is InChI=1S/C28H30N6O2/c1-27(2,3)36-26(35)33-28(16-7-17-28)20-12-10-19(11-13-20)24-23(18-8-5-4-6-9-18)30-21-14-15-22(34-29)31-25(21)32-24/h4-6,8-15H,7,16-17,29H2,1-3H3,(H,33,35)(H,31,32,34). The minimum absolute atomic E-state index is 0.395. The number of nitrogen functional groups attached to an aromatic ring is 1. The molecule has 8 heteroatoms. The molecule has 0 bridgehead atoms. The zero-order chi connectivity index (χ0) is 25.3. The Hall–Kier alpha value is -4.04. The van der Waals surface area contributed by atoms with E-state index in [1.54, 1.807) is 6.07 Å². The van der Waals surface area contributed by atoms with E-state index < -0.39 is 17.2 Å². The normalized spacial score (nSPS) is 14.7. The number of benzene rings is 2. The molecule has 8 nitrogen and oxygen atoms in total. The van der Waals surface area contributed by atoms with E-state index in [-0.39, 0.29) is 0 Å². The van der Waals surface area contributed by atoms with E-state index in [2.05, 4.69) is 27.9 Å². The van der Waals surface area contributed by atoms with Crippen LogP contribution in [0.15, 0.2) is 66.7 Å². The van der Waals surface area contributed by atoms with Gasteiger partial charge in [0.1, 0.15) is 16.9 Å². The number of nitrogens with zero attached hydrogens (tertiary/aromatic N) is 3. The van der Waals surface area contributed by atoms with Crippen LogP contribution in [0.5, 0.6) is 0 Å². The van der Waals surface area contributed by atoms with Gasteiger partial charge in [-0.2, -0.15) is 0 Å². The van der Waals surface area contributed by atoms with Crippen LogP contribution >= 0.6 is 0 Å². The van der Waals surface area contributed by atoms with E-state index in [0.717, 1.165) is 47.3 Å². The lowest BCUT2D eigenvalue weighted by atomic mass is 9.71. The van der Waals surface area contributed by atoms with E-state index in [1.807, 2.05) is 69.3 Å². The van der Waals surface area contributed by atoms with Gasteiger partial charge in [0.25, 0.3) is 0 Å². The molecular formula is C28H30N6O2. The van der Waals surface area contributed by atoms with E-state index in [1.165, 1.54) is 0 Å². The lowest BCUT2D eigenvalue weighted by Gasteiger charge is -2.43. The molecule has 2 heterocycles. The predicted molar refractivity (Wildman–Crippen MR) is 141 cm³/mol. The molecule has 0 saturated heterocycles. The highest BCUT2D eigenvalue weighted by molar-refractivity contribution is 5.85. The molecule has 5 rings (SSSR count). The fraction of sp³-hybridized carbons (Fsp3) is 0.286. The summed E-state index contributed by atoms with van der Waals surface area (Å²) in [4.78, 5) is 26.8. The van der Waals surface area contributed by atoms with Crippen LogP contribution in [0.2, 0.25) is 0 Å². The van der Waals surface area contributed by atoms with Crippen LogP contribution in [0.25, 0.3) is 33.7 Å². The summed E-state index contributed by atoms with van der Waals surface area (Å²) in [5, 5.41) is 3.12. The summed E-state index contributed by atoms with van der Waals surface area (Å²) in [5.74, 6) is 6.07. The molecule has 1 aliphatic carbocycles. The summed E-state index contributed by atoms with van der Waals surface area (Å²) in [7, 11) is 0. The van der Waals surface area contributed by atoms with Crippen molar-refractivity contribution >= 4 is 23.1 Å².